The summed E-state index contributed by atoms with van der Waals surface area (Å²) in [6.07, 6.45) is 4.81. The fraction of sp³-hybridized carbons (Fsp3) is 0.917. The molecule has 16 heavy (non-hydrogen) atoms. The average Bonchev–Trinajstić information content (AvgIpc) is 2.95. The van der Waals surface area contributed by atoms with E-state index < -0.39 is 0 Å². The largest absolute Gasteiger partial charge is 0.465 e. The van der Waals surface area contributed by atoms with Gasteiger partial charge in [-0.1, -0.05) is 0 Å². The van der Waals surface area contributed by atoms with Gasteiger partial charge in [-0.05, 0) is 38.5 Å². The lowest BCUT2D eigenvalue weighted by molar-refractivity contribution is -0.146. The second-order valence-electron chi connectivity index (χ2n) is 4.61. The van der Waals surface area contributed by atoms with Crippen molar-refractivity contribution in [2.24, 2.45) is 5.92 Å². The molecule has 1 N–H and O–H groups in total. The Labute approximate surface area is 96.7 Å². The Balaban J connectivity index is 1.75. The first-order valence-corrected chi connectivity index (χ1v) is 6.33. The molecule has 2 fully saturated rings. The Morgan fingerprint density at radius 1 is 1.50 bits per heavy atom. The van der Waals surface area contributed by atoms with Crippen molar-refractivity contribution < 1.29 is 14.3 Å². The molecule has 0 aromatic heterocycles. The van der Waals surface area contributed by atoms with Crippen molar-refractivity contribution in [3.05, 3.63) is 0 Å². The third-order valence-electron chi connectivity index (χ3n) is 3.22. The zero-order valence-electron chi connectivity index (χ0n) is 9.91. The van der Waals surface area contributed by atoms with Crippen molar-refractivity contribution in [1.82, 2.24) is 5.32 Å². The predicted octanol–water partition coefficient (Wildman–Crippen LogP) is 1.10. The van der Waals surface area contributed by atoms with E-state index in [9.17, 15) is 4.79 Å². The summed E-state index contributed by atoms with van der Waals surface area (Å²) in [6, 6.07) is -0.107. The Kier molecular flexibility index (Phi) is 4.18. The van der Waals surface area contributed by atoms with Crippen molar-refractivity contribution in [2.75, 3.05) is 19.8 Å². The van der Waals surface area contributed by atoms with Gasteiger partial charge in [-0.15, -0.1) is 0 Å². The smallest absolute Gasteiger partial charge is 0.323 e. The molecule has 2 atom stereocenters. The molecule has 0 aromatic carbocycles. The first kappa shape index (κ1) is 11.9. The molecule has 1 aliphatic heterocycles. The van der Waals surface area contributed by atoms with E-state index in [4.69, 9.17) is 9.47 Å². The van der Waals surface area contributed by atoms with Crippen LogP contribution in [0.15, 0.2) is 0 Å². The molecule has 4 nitrogen and oxygen atoms in total. The van der Waals surface area contributed by atoms with Crippen LogP contribution in [0.4, 0.5) is 0 Å². The monoisotopic (exact) mass is 227 g/mol. The summed E-state index contributed by atoms with van der Waals surface area (Å²) in [5, 5.41) is 3.31. The van der Waals surface area contributed by atoms with Gasteiger partial charge in [0.2, 0.25) is 0 Å². The lowest BCUT2D eigenvalue weighted by Gasteiger charge is -2.18. The zero-order valence-corrected chi connectivity index (χ0v) is 9.91. The highest BCUT2D eigenvalue weighted by Crippen LogP contribution is 2.33. The zero-order chi connectivity index (χ0) is 11.4. The molecule has 2 unspecified atom stereocenters. The molecule has 92 valence electrons. The lowest BCUT2D eigenvalue weighted by Crippen LogP contribution is -2.43. The predicted molar refractivity (Wildman–Crippen MR) is 60.1 cm³/mol. The van der Waals surface area contributed by atoms with Gasteiger partial charge in [0.25, 0.3) is 0 Å². The number of hydrogen-bond acceptors (Lipinski definition) is 4. The standard InChI is InChI=1S/C12H21NO3/c1-2-15-12(14)11(9-5-6-9)13-8-10-4-3-7-16-10/h9-11,13H,2-8H2,1H3. The molecular formula is C12H21NO3. The number of ether oxygens (including phenoxy) is 2. The second kappa shape index (κ2) is 5.64. The first-order valence-electron chi connectivity index (χ1n) is 6.33. The fourth-order valence-corrected chi connectivity index (χ4v) is 2.17. The maximum absolute atomic E-state index is 11.7. The third-order valence-corrected chi connectivity index (χ3v) is 3.22. The number of carbonyl (C=O) groups is 1. The highest BCUT2D eigenvalue weighted by atomic mass is 16.5. The van der Waals surface area contributed by atoms with Crippen LogP contribution in [-0.4, -0.2) is 37.9 Å². The molecule has 1 aliphatic carbocycles. The van der Waals surface area contributed by atoms with Crippen LogP contribution in [0.2, 0.25) is 0 Å². The van der Waals surface area contributed by atoms with Gasteiger partial charge in [0.1, 0.15) is 6.04 Å². The van der Waals surface area contributed by atoms with Crippen molar-refractivity contribution in [2.45, 2.75) is 44.8 Å². The van der Waals surface area contributed by atoms with E-state index in [2.05, 4.69) is 5.32 Å². The Bertz CT molecular complexity index is 234. The maximum atomic E-state index is 11.7. The van der Waals surface area contributed by atoms with Gasteiger partial charge in [-0.25, -0.2) is 0 Å². The topological polar surface area (TPSA) is 47.6 Å². The Morgan fingerprint density at radius 2 is 2.31 bits per heavy atom. The molecule has 0 aromatic rings. The summed E-state index contributed by atoms with van der Waals surface area (Å²) in [4.78, 5) is 11.7. The van der Waals surface area contributed by atoms with Gasteiger partial charge >= 0.3 is 5.97 Å². The van der Waals surface area contributed by atoms with E-state index in [1.54, 1.807) is 0 Å². The van der Waals surface area contributed by atoms with Gasteiger partial charge in [0.05, 0.1) is 12.7 Å². The molecule has 1 heterocycles. The number of nitrogens with one attached hydrogen (secondary N) is 1. The van der Waals surface area contributed by atoms with Gasteiger partial charge < -0.3 is 14.8 Å². The summed E-state index contributed by atoms with van der Waals surface area (Å²) in [7, 11) is 0. The van der Waals surface area contributed by atoms with Crippen LogP contribution in [0, 0.1) is 5.92 Å². The molecule has 2 rings (SSSR count). The molecule has 0 spiro atoms. The number of rotatable bonds is 6. The van der Waals surface area contributed by atoms with Crippen molar-refractivity contribution >= 4 is 5.97 Å². The van der Waals surface area contributed by atoms with Crippen LogP contribution in [0.3, 0.4) is 0 Å². The van der Waals surface area contributed by atoms with E-state index in [0.29, 0.717) is 12.5 Å². The van der Waals surface area contributed by atoms with Crippen LogP contribution < -0.4 is 5.32 Å². The van der Waals surface area contributed by atoms with Gasteiger partial charge in [0.15, 0.2) is 0 Å². The summed E-state index contributed by atoms with van der Waals surface area (Å²) in [5.41, 5.74) is 0. The van der Waals surface area contributed by atoms with Crippen LogP contribution in [0.1, 0.15) is 32.6 Å². The number of hydrogen-bond donors (Lipinski definition) is 1. The minimum absolute atomic E-state index is 0.0944. The van der Waals surface area contributed by atoms with Crippen LogP contribution in [0.5, 0.6) is 0 Å². The molecular weight excluding hydrogens is 206 g/mol. The molecule has 1 saturated carbocycles. The molecule has 4 heteroatoms. The van der Waals surface area contributed by atoms with Crippen LogP contribution in [0.25, 0.3) is 0 Å². The van der Waals surface area contributed by atoms with Crippen LogP contribution >= 0.6 is 0 Å². The summed E-state index contributed by atoms with van der Waals surface area (Å²) in [5.74, 6) is 0.392. The Morgan fingerprint density at radius 3 is 2.88 bits per heavy atom. The minimum atomic E-state index is -0.107. The van der Waals surface area contributed by atoms with E-state index in [-0.39, 0.29) is 18.1 Å². The molecule has 0 amide bonds. The van der Waals surface area contributed by atoms with E-state index in [0.717, 1.165) is 38.8 Å². The fourth-order valence-electron chi connectivity index (χ4n) is 2.17. The third kappa shape index (κ3) is 3.19. The van der Waals surface area contributed by atoms with Crippen LogP contribution in [-0.2, 0) is 14.3 Å². The first-order chi connectivity index (χ1) is 7.81. The normalized spacial score (nSPS) is 26.7. The van der Waals surface area contributed by atoms with Gasteiger partial charge in [0, 0.05) is 13.2 Å². The van der Waals surface area contributed by atoms with Crippen molar-refractivity contribution in [3.63, 3.8) is 0 Å². The minimum Gasteiger partial charge on any atom is -0.465 e. The molecule has 2 aliphatic rings. The number of carbonyl (C=O) groups excluding carboxylic acids is 1. The average molecular weight is 227 g/mol. The van der Waals surface area contributed by atoms with Crippen molar-refractivity contribution in [1.29, 1.82) is 0 Å². The highest BCUT2D eigenvalue weighted by molar-refractivity contribution is 5.76. The number of esters is 1. The second-order valence-corrected chi connectivity index (χ2v) is 4.61. The Hall–Kier alpha value is -0.610. The molecule has 0 bridgehead atoms. The van der Waals surface area contributed by atoms with E-state index >= 15 is 0 Å². The summed E-state index contributed by atoms with van der Waals surface area (Å²) < 4.78 is 10.6. The summed E-state index contributed by atoms with van der Waals surface area (Å²) in [6.45, 7) is 3.95. The van der Waals surface area contributed by atoms with E-state index in [1.807, 2.05) is 6.92 Å². The van der Waals surface area contributed by atoms with Crippen molar-refractivity contribution in [3.8, 4) is 0 Å². The summed E-state index contributed by atoms with van der Waals surface area (Å²) >= 11 is 0. The SMILES string of the molecule is CCOC(=O)C(NCC1CCCO1)C1CC1. The maximum Gasteiger partial charge on any atom is 0.323 e. The van der Waals surface area contributed by atoms with Gasteiger partial charge in [-0.3, -0.25) is 4.79 Å². The van der Waals surface area contributed by atoms with Gasteiger partial charge in [-0.2, -0.15) is 0 Å². The quantitative estimate of drug-likeness (QED) is 0.690. The lowest BCUT2D eigenvalue weighted by atomic mass is 10.1. The van der Waals surface area contributed by atoms with E-state index in [1.165, 1.54) is 0 Å². The highest BCUT2D eigenvalue weighted by Gasteiger charge is 2.37. The molecule has 1 saturated heterocycles. The molecule has 0 radical (unpaired) electrons.